The molecule has 0 spiro atoms. The molecule has 2 rings (SSSR count). The van der Waals surface area contributed by atoms with E-state index in [1.165, 1.54) is 30.2 Å². The highest BCUT2D eigenvalue weighted by molar-refractivity contribution is 8.01. The molecule has 2 atom stereocenters. The highest BCUT2D eigenvalue weighted by Crippen LogP contribution is 2.36. The Labute approximate surface area is 109 Å². The first-order valence-electron chi connectivity index (χ1n) is 5.49. The van der Waals surface area contributed by atoms with Crippen molar-refractivity contribution in [2.24, 2.45) is 0 Å². The number of hydrogen-bond donors (Lipinski definition) is 2. The molecular weight excluding hydrogens is 276 g/mol. The van der Waals surface area contributed by atoms with Gasteiger partial charge >= 0.3 is 5.97 Å². The van der Waals surface area contributed by atoms with Gasteiger partial charge in [0.1, 0.15) is 6.04 Å². The van der Waals surface area contributed by atoms with Gasteiger partial charge in [-0.2, -0.15) is 4.31 Å². The van der Waals surface area contributed by atoms with Crippen LogP contribution in [-0.2, 0) is 14.8 Å². The maximum atomic E-state index is 12.4. The van der Waals surface area contributed by atoms with Gasteiger partial charge in [0, 0.05) is 18.1 Å². The Kier molecular flexibility index (Phi) is 3.69. The van der Waals surface area contributed by atoms with E-state index in [-0.39, 0.29) is 16.0 Å². The minimum atomic E-state index is -3.75. The molecule has 0 bridgehead atoms. The van der Waals surface area contributed by atoms with Crippen LogP contribution < -0.4 is 0 Å². The second-order valence-corrected chi connectivity index (χ2v) is 6.99. The van der Waals surface area contributed by atoms with Crippen LogP contribution in [0.4, 0.5) is 0 Å². The van der Waals surface area contributed by atoms with E-state index in [1.54, 1.807) is 0 Å². The second-order valence-electron chi connectivity index (χ2n) is 3.93. The van der Waals surface area contributed by atoms with E-state index in [0.29, 0.717) is 6.42 Å². The van der Waals surface area contributed by atoms with Crippen LogP contribution in [0.25, 0.3) is 0 Å². The van der Waals surface area contributed by atoms with Crippen LogP contribution in [0.5, 0.6) is 0 Å². The van der Waals surface area contributed by atoms with E-state index in [4.69, 9.17) is 5.11 Å². The number of aromatic amines is 1. The summed E-state index contributed by atoms with van der Waals surface area (Å²) in [5, 5.41) is 8.82. The molecule has 18 heavy (non-hydrogen) atoms. The third kappa shape index (κ3) is 2.15. The maximum Gasteiger partial charge on any atom is 0.322 e. The van der Waals surface area contributed by atoms with Crippen LogP contribution in [0.3, 0.4) is 0 Å². The predicted octanol–water partition coefficient (Wildman–Crippen LogP) is 0.942. The van der Waals surface area contributed by atoms with Gasteiger partial charge in [-0.05, 0) is 12.5 Å². The first-order chi connectivity index (χ1) is 8.48. The molecule has 1 fully saturated rings. The lowest BCUT2D eigenvalue weighted by molar-refractivity contribution is -0.140. The SMILES string of the molecule is CCC1SCC(C(=O)O)N1S(=O)(=O)c1cc[nH]c1. The van der Waals surface area contributed by atoms with Gasteiger partial charge in [-0.15, -0.1) is 11.8 Å². The second kappa shape index (κ2) is 4.94. The lowest BCUT2D eigenvalue weighted by atomic mass is 10.3. The fourth-order valence-corrected chi connectivity index (χ4v) is 5.45. The molecular formula is C10H14N2O4S2. The molecule has 2 heterocycles. The normalized spacial score (nSPS) is 25.4. The average Bonchev–Trinajstić information content (AvgIpc) is 2.98. The summed E-state index contributed by atoms with van der Waals surface area (Å²) in [7, 11) is -3.75. The highest BCUT2D eigenvalue weighted by atomic mass is 32.2. The number of nitrogens with one attached hydrogen (secondary N) is 1. The smallest absolute Gasteiger partial charge is 0.322 e. The molecule has 0 aromatic carbocycles. The summed E-state index contributed by atoms with van der Waals surface area (Å²) >= 11 is 1.37. The summed E-state index contributed by atoms with van der Waals surface area (Å²) in [4.78, 5) is 13.9. The van der Waals surface area contributed by atoms with Gasteiger partial charge in [-0.1, -0.05) is 6.92 Å². The lowest BCUT2D eigenvalue weighted by Crippen LogP contribution is -2.45. The van der Waals surface area contributed by atoms with E-state index in [1.807, 2.05) is 6.92 Å². The number of thioether (sulfide) groups is 1. The Morgan fingerprint density at radius 2 is 2.39 bits per heavy atom. The summed E-state index contributed by atoms with van der Waals surface area (Å²) in [6.45, 7) is 1.85. The molecule has 1 aliphatic rings. The van der Waals surface area contributed by atoms with Gasteiger partial charge in [0.2, 0.25) is 10.0 Å². The van der Waals surface area contributed by atoms with Gasteiger partial charge in [0.05, 0.1) is 10.3 Å². The minimum absolute atomic E-state index is 0.106. The molecule has 0 saturated carbocycles. The summed E-state index contributed by atoms with van der Waals surface area (Å²) in [6.07, 6.45) is 3.45. The number of rotatable bonds is 4. The molecule has 1 aromatic rings. The Bertz CT molecular complexity index is 526. The molecule has 1 aromatic heterocycles. The van der Waals surface area contributed by atoms with E-state index in [0.717, 1.165) is 4.31 Å². The van der Waals surface area contributed by atoms with Crippen molar-refractivity contribution in [2.75, 3.05) is 5.75 Å². The minimum Gasteiger partial charge on any atom is -0.480 e. The van der Waals surface area contributed by atoms with Crippen molar-refractivity contribution in [3.63, 3.8) is 0 Å². The highest BCUT2D eigenvalue weighted by Gasteiger charge is 2.45. The third-order valence-electron chi connectivity index (χ3n) is 2.82. The number of hydrogen-bond acceptors (Lipinski definition) is 4. The first-order valence-corrected chi connectivity index (χ1v) is 7.98. The molecule has 1 saturated heterocycles. The third-order valence-corrected chi connectivity index (χ3v) is 6.32. The molecule has 8 heteroatoms. The number of aromatic nitrogens is 1. The molecule has 0 aliphatic carbocycles. The van der Waals surface area contributed by atoms with Crippen molar-refractivity contribution in [3.05, 3.63) is 18.5 Å². The van der Waals surface area contributed by atoms with Gasteiger partial charge < -0.3 is 10.1 Å². The molecule has 2 unspecified atom stereocenters. The number of carboxylic acids is 1. The van der Waals surface area contributed by atoms with Crippen LogP contribution in [0, 0.1) is 0 Å². The van der Waals surface area contributed by atoms with E-state index in [2.05, 4.69) is 4.98 Å². The largest absolute Gasteiger partial charge is 0.480 e. The zero-order valence-corrected chi connectivity index (χ0v) is 11.4. The number of H-pyrrole nitrogens is 1. The first kappa shape index (κ1) is 13.4. The van der Waals surface area contributed by atoms with Crippen molar-refractivity contribution >= 4 is 27.8 Å². The number of carboxylic acid groups (broad SMARTS) is 1. The number of aliphatic carboxylic acids is 1. The van der Waals surface area contributed by atoms with E-state index < -0.39 is 22.0 Å². The van der Waals surface area contributed by atoms with E-state index in [9.17, 15) is 13.2 Å². The van der Waals surface area contributed by atoms with Crippen LogP contribution in [-0.4, -0.2) is 46.0 Å². The standard InChI is InChI=1S/C10H14N2O4S2/c1-2-9-12(8(6-17-9)10(13)14)18(15,16)7-3-4-11-5-7/h3-5,8-9,11H,2,6H2,1H3,(H,13,14). The molecule has 2 N–H and O–H groups in total. The van der Waals surface area contributed by atoms with Crippen LogP contribution >= 0.6 is 11.8 Å². The molecule has 100 valence electrons. The molecule has 6 nitrogen and oxygen atoms in total. The topological polar surface area (TPSA) is 90.5 Å². The Morgan fingerprint density at radius 3 is 2.89 bits per heavy atom. The van der Waals surface area contributed by atoms with Crippen LogP contribution in [0.2, 0.25) is 0 Å². The molecule has 1 aliphatic heterocycles. The zero-order valence-electron chi connectivity index (χ0n) is 9.74. The number of nitrogens with zero attached hydrogens (tertiary/aromatic N) is 1. The van der Waals surface area contributed by atoms with Crippen molar-refractivity contribution in [1.29, 1.82) is 0 Å². The van der Waals surface area contributed by atoms with E-state index >= 15 is 0 Å². The summed E-state index contributed by atoms with van der Waals surface area (Å²) in [6, 6.07) is 0.448. The van der Waals surface area contributed by atoms with Crippen molar-refractivity contribution in [2.45, 2.75) is 29.7 Å². The number of sulfonamides is 1. The van der Waals surface area contributed by atoms with Gasteiger partial charge in [0.15, 0.2) is 0 Å². The predicted molar refractivity (Wildman–Crippen MR) is 67.8 cm³/mol. The van der Waals surface area contributed by atoms with Crippen molar-refractivity contribution in [3.8, 4) is 0 Å². The summed E-state index contributed by atoms with van der Waals surface area (Å²) in [5.41, 5.74) is 0. The van der Waals surface area contributed by atoms with Crippen LogP contribution in [0.15, 0.2) is 23.4 Å². The Morgan fingerprint density at radius 1 is 1.67 bits per heavy atom. The van der Waals surface area contributed by atoms with Gasteiger partial charge in [0.25, 0.3) is 0 Å². The Balaban J connectivity index is 2.42. The summed E-state index contributed by atoms with van der Waals surface area (Å²) < 4.78 is 25.9. The monoisotopic (exact) mass is 290 g/mol. The zero-order chi connectivity index (χ0) is 13.3. The Hall–Kier alpha value is -0.990. The fourth-order valence-electron chi connectivity index (χ4n) is 1.94. The van der Waals surface area contributed by atoms with Gasteiger partial charge in [-0.3, -0.25) is 4.79 Å². The van der Waals surface area contributed by atoms with Crippen LogP contribution in [0.1, 0.15) is 13.3 Å². The molecule has 0 radical (unpaired) electrons. The quantitative estimate of drug-likeness (QED) is 0.861. The summed E-state index contributed by atoms with van der Waals surface area (Å²) in [5.74, 6) is -0.810. The fraction of sp³-hybridized carbons (Fsp3) is 0.500. The van der Waals surface area contributed by atoms with Crippen molar-refractivity contribution < 1.29 is 18.3 Å². The number of carbonyl (C=O) groups is 1. The molecule has 0 amide bonds. The average molecular weight is 290 g/mol. The van der Waals surface area contributed by atoms with Gasteiger partial charge in [-0.25, -0.2) is 8.42 Å². The lowest BCUT2D eigenvalue weighted by Gasteiger charge is -2.25. The van der Waals surface area contributed by atoms with Crippen molar-refractivity contribution in [1.82, 2.24) is 9.29 Å². The maximum absolute atomic E-state index is 12.4.